The lowest BCUT2D eigenvalue weighted by atomic mass is 9.70. The van der Waals surface area contributed by atoms with E-state index in [0.29, 0.717) is 22.3 Å². The Kier molecular flexibility index (Phi) is 10.0. The van der Waals surface area contributed by atoms with Crippen LogP contribution in [0.5, 0.6) is 0 Å². The van der Waals surface area contributed by atoms with Crippen LogP contribution in [-0.4, -0.2) is 0 Å². The smallest absolute Gasteiger partial charge is 0.310 e. The topological polar surface area (TPSA) is 30.3 Å². The molecular weight excluding hydrogens is 683 g/mol. The predicted octanol–water partition coefficient (Wildman–Crippen LogP) is 13.3. The van der Waals surface area contributed by atoms with Crippen molar-refractivity contribution in [1.82, 2.24) is 0 Å². The number of aryl methyl sites for hydroxylation is 1. The molecule has 54 heavy (non-hydrogen) atoms. The normalized spacial score (nSPS) is 12.4. The van der Waals surface area contributed by atoms with E-state index in [9.17, 15) is 22.8 Å². The molecule has 0 aliphatic rings. The maximum Gasteiger partial charge on any atom is 0.416 e. The van der Waals surface area contributed by atoms with Crippen molar-refractivity contribution in [1.29, 1.82) is 5.26 Å². The summed E-state index contributed by atoms with van der Waals surface area (Å²) in [6.45, 7) is 1.42. The van der Waals surface area contributed by atoms with Gasteiger partial charge in [0.05, 0.1) is 11.6 Å². The van der Waals surface area contributed by atoms with Crippen molar-refractivity contribution in [3.63, 3.8) is 0 Å². The standard InChI is InChI=1S/C47H35F4N3/c1-34-10-8-16-44(30-34)53(40-12-4-2-5-13-40)42-26-22-37(23-27-42)46(33-52,36-18-20-39(21-19-36)47(49,50)51)38-24-28-43(29-25-38)54(41-14-6-3-7-15-41)45-17-9-11-35(31-45)32-48/h2-31H,32H2,1H3. The van der Waals surface area contributed by atoms with Gasteiger partial charge in [-0.1, -0.05) is 97.1 Å². The van der Waals surface area contributed by atoms with Crippen molar-refractivity contribution in [2.45, 2.75) is 25.2 Å². The van der Waals surface area contributed by atoms with Crippen molar-refractivity contribution in [2.24, 2.45) is 0 Å². The van der Waals surface area contributed by atoms with E-state index in [2.05, 4.69) is 17.0 Å². The Morgan fingerprint density at radius 2 is 0.852 bits per heavy atom. The van der Waals surface area contributed by atoms with Crippen LogP contribution in [0.3, 0.4) is 0 Å². The zero-order chi connectivity index (χ0) is 37.7. The summed E-state index contributed by atoms with van der Waals surface area (Å²) in [5.74, 6) is 0. The molecule has 7 aromatic carbocycles. The molecule has 1 unspecified atom stereocenters. The highest BCUT2D eigenvalue weighted by Gasteiger charge is 2.38. The monoisotopic (exact) mass is 717 g/mol. The second-order valence-electron chi connectivity index (χ2n) is 13.0. The lowest BCUT2D eigenvalue weighted by Gasteiger charge is -2.31. The number of halogens is 4. The van der Waals surface area contributed by atoms with Crippen LogP contribution in [0.15, 0.2) is 182 Å². The summed E-state index contributed by atoms with van der Waals surface area (Å²) in [5, 5.41) is 11.2. The SMILES string of the molecule is Cc1cccc(N(c2ccccc2)c2ccc(C(C#N)(c3ccc(N(c4ccccc4)c4cccc(CF)c4)cc3)c3ccc(C(F)(F)F)cc3)cc2)c1. The van der Waals surface area contributed by atoms with Gasteiger partial charge < -0.3 is 9.80 Å². The fourth-order valence-corrected chi connectivity index (χ4v) is 6.92. The summed E-state index contributed by atoms with van der Waals surface area (Å²) in [6.07, 6.45) is -4.53. The van der Waals surface area contributed by atoms with E-state index < -0.39 is 23.8 Å². The summed E-state index contributed by atoms with van der Waals surface area (Å²) < 4.78 is 54.9. The molecule has 7 aromatic rings. The van der Waals surface area contributed by atoms with E-state index in [1.54, 1.807) is 18.2 Å². The van der Waals surface area contributed by atoms with Gasteiger partial charge in [-0.25, -0.2) is 4.39 Å². The van der Waals surface area contributed by atoms with Crippen molar-refractivity contribution in [3.05, 3.63) is 215 Å². The Bertz CT molecular complexity index is 2370. The Balaban J connectivity index is 1.36. The minimum absolute atomic E-state index is 0.396. The Morgan fingerprint density at radius 1 is 0.463 bits per heavy atom. The van der Waals surface area contributed by atoms with Crippen molar-refractivity contribution >= 4 is 34.1 Å². The molecule has 7 rings (SSSR count). The number of alkyl halides is 4. The summed E-state index contributed by atoms with van der Waals surface area (Å²) in [5.41, 5.74) is 6.03. The average Bonchev–Trinajstić information content (AvgIpc) is 3.20. The molecule has 0 aromatic heterocycles. The zero-order valence-corrected chi connectivity index (χ0v) is 29.4. The number of nitriles is 1. The number of hydrogen-bond donors (Lipinski definition) is 0. The van der Waals surface area contributed by atoms with Crippen LogP contribution in [0, 0.1) is 18.3 Å². The van der Waals surface area contributed by atoms with Crippen LogP contribution in [0.25, 0.3) is 0 Å². The van der Waals surface area contributed by atoms with Gasteiger partial charge in [0.25, 0.3) is 0 Å². The van der Waals surface area contributed by atoms with E-state index in [-0.39, 0.29) is 0 Å². The Hall–Kier alpha value is -6.65. The number of benzene rings is 7. The second-order valence-corrected chi connectivity index (χ2v) is 13.0. The summed E-state index contributed by atoms with van der Waals surface area (Å²) in [4.78, 5) is 4.11. The molecule has 0 bridgehead atoms. The maximum absolute atomic E-state index is 13.8. The zero-order valence-electron chi connectivity index (χ0n) is 29.4. The van der Waals surface area contributed by atoms with E-state index >= 15 is 0 Å². The molecule has 0 spiro atoms. The number of para-hydroxylation sites is 2. The van der Waals surface area contributed by atoms with Gasteiger partial charge in [0.15, 0.2) is 0 Å². The van der Waals surface area contributed by atoms with Gasteiger partial charge in [-0.15, -0.1) is 0 Å². The molecule has 0 aliphatic heterocycles. The number of hydrogen-bond acceptors (Lipinski definition) is 3. The largest absolute Gasteiger partial charge is 0.416 e. The van der Waals surface area contributed by atoms with Gasteiger partial charge in [-0.3, -0.25) is 0 Å². The van der Waals surface area contributed by atoms with Gasteiger partial charge in [-0.05, 0) is 120 Å². The maximum atomic E-state index is 13.8. The van der Waals surface area contributed by atoms with Crippen LogP contribution in [0.4, 0.5) is 51.7 Å². The first kappa shape index (κ1) is 35.7. The third-order valence-electron chi connectivity index (χ3n) is 9.54. The third-order valence-corrected chi connectivity index (χ3v) is 9.54. The molecule has 0 heterocycles. The fourth-order valence-electron chi connectivity index (χ4n) is 6.92. The second kappa shape index (κ2) is 15.1. The molecule has 0 saturated heterocycles. The quantitative estimate of drug-likeness (QED) is 0.104. The van der Waals surface area contributed by atoms with Crippen LogP contribution >= 0.6 is 0 Å². The van der Waals surface area contributed by atoms with Gasteiger partial charge in [0.2, 0.25) is 0 Å². The van der Waals surface area contributed by atoms with E-state index in [1.165, 1.54) is 12.1 Å². The molecule has 1 atom stereocenters. The first-order valence-electron chi connectivity index (χ1n) is 17.4. The highest BCUT2D eigenvalue weighted by Crippen LogP contribution is 2.44. The molecule has 0 aliphatic carbocycles. The van der Waals surface area contributed by atoms with Crippen LogP contribution in [-0.2, 0) is 18.3 Å². The first-order valence-corrected chi connectivity index (χ1v) is 17.4. The highest BCUT2D eigenvalue weighted by molar-refractivity contribution is 5.79. The molecular formula is C47H35F4N3. The number of rotatable bonds is 10. The predicted molar refractivity (Wildman–Crippen MR) is 209 cm³/mol. The molecule has 7 heteroatoms. The van der Waals surface area contributed by atoms with Crippen molar-refractivity contribution in [3.8, 4) is 6.07 Å². The van der Waals surface area contributed by atoms with Crippen LogP contribution < -0.4 is 9.80 Å². The molecule has 0 radical (unpaired) electrons. The minimum Gasteiger partial charge on any atom is -0.310 e. The minimum atomic E-state index is -4.53. The summed E-state index contributed by atoms with van der Waals surface area (Å²) >= 11 is 0. The fraction of sp³-hybridized carbons (Fsp3) is 0.0851. The van der Waals surface area contributed by atoms with Crippen LogP contribution in [0.2, 0.25) is 0 Å². The van der Waals surface area contributed by atoms with Gasteiger partial charge in [0, 0.05) is 34.1 Å². The summed E-state index contributed by atoms with van der Waals surface area (Å²) in [6, 6.07) is 57.4. The van der Waals surface area contributed by atoms with Gasteiger partial charge >= 0.3 is 6.18 Å². The molecule has 0 saturated carbocycles. The Morgan fingerprint density at radius 3 is 1.28 bits per heavy atom. The summed E-state index contributed by atoms with van der Waals surface area (Å²) in [7, 11) is 0. The van der Waals surface area contributed by atoms with E-state index in [1.807, 2.05) is 145 Å². The third kappa shape index (κ3) is 7.07. The molecule has 0 N–H and O–H groups in total. The van der Waals surface area contributed by atoms with Gasteiger partial charge in [-0.2, -0.15) is 18.4 Å². The lowest BCUT2D eigenvalue weighted by Crippen LogP contribution is -2.28. The first-order chi connectivity index (χ1) is 26.2. The molecule has 0 amide bonds. The highest BCUT2D eigenvalue weighted by atomic mass is 19.4. The van der Waals surface area contributed by atoms with E-state index in [4.69, 9.17) is 0 Å². The van der Waals surface area contributed by atoms with Crippen molar-refractivity contribution in [2.75, 3.05) is 9.80 Å². The van der Waals surface area contributed by atoms with Gasteiger partial charge in [0.1, 0.15) is 12.1 Å². The molecule has 266 valence electrons. The molecule has 0 fully saturated rings. The average molecular weight is 718 g/mol. The lowest BCUT2D eigenvalue weighted by molar-refractivity contribution is -0.137. The number of nitrogens with zero attached hydrogens (tertiary/aromatic N) is 3. The van der Waals surface area contributed by atoms with Crippen molar-refractivity contribution < 1.29 is 17.6 Å². The number of anilines is 6. The Labute approximate surface area is 312 Å². The van der Waals surface area contributed by atoms with Crippen LogP contribution in [0.1, 0.15) is 33.4 Å². The molecule has 3 nitrogen and oxygen atoms in total. The van der Waals surface area contributed by atoms with E-state index in [0.717, 1.165) is 51.8 Å².